The van der Waals surface area contributed by atoms with Crippen LogP contribution in [0, 0.1) is 11.3 Å². The standard InChI is InChI=1S/C20H17N3O3S/c21-13-15-6-8-18(9-7-15)27(24,25)23-12-10-17(14-23)26-19-5-1-3-16-4-2-11-22-20(16)19/h1-9,11,17H,10,12,14H2/t17-/m0/s1. The van der Waals surface area contributed by atoms with Crippen molar-refractivity contribution in [2.45, 2.75) is 17.4 Å². The molecule has 0 amide bonds. The molecule has 4 rings (SSSR count). The topological polar surface area (TPSA) is 83.3 Å². The molecular formula is C20H17N3O3S. The molecule has 0 radical (unpaired) electrons. The second kappa shape index (κ2) is 6.99. The van der Waals surface area contributed by atoms with E-state index in [-0.39, 0.29) is 17.5 Å². The van der Waals surface area contributed by atoms with E-state index < -0.39 is 10.0 Å². The van der Waals surface area contributed by atoms with E-state index in [0.717, 1.165) is 10.9 Å². The van der Waals surface area contributed by atoms with E-state index in [4.69, 9.17) is 10.00 Å². The molecule has 1 aliphatic heterocycles. The molecule has 6 nitrogen and oxygen atoms in total. The minimum atomic E-state index is -3.60. The monoisotopic (exact) mass is 379 g/mol. The van der Waals surface area contributed by atoms with Crippen molar-refractivity contribution in [3.05, 3.63) is 66.4 Å². The highest BCUT2D eigenvalue weighted by atomic mass is 32.2. The number of para-hydroxylation sites is 1. The highest BCUT2D eigenvalue weighted by Gasteiger charge is 2.33. The summed E-state index contributed by atoms with van der Waals surface area (Å²) in [5, 5.41) is 9.84. The molecule has 0 saturated carbocycles. The van der Waals surface area contributed by atoms with Gasteiger partial charge in [0.15, 0.2) is 0 Å². The predicted molar refractivity (Wildman–Crippen MR) is 101 cm³/mol. The van der Waals surface area contributed by atoms with Crippen molar-refractivity contribution in [3.63, 3.8) is 0 Å². The quantitative estimate of drug-likeness (QED) is 0.696. The Morgan fingerprint density at radius 2 is 1.89 bits per heavy atom. The Morgan fingerprint density at radius 3 is 2.67 bits per heavy atom. The van der Waals surface area contributed by atoms with Crippen LogP contribution in [0.2, 0.25) is 0 Å². The molecule has 2 heterocycles. The van der Waals surface area contributed by atoms with E-state index >= 15 is 0 Å². The molecule has 136 valence electrons. The average molecular weight is 379 g/mol. The number of ether oxygens (including phenoxy) is 1. The molecule has 3 aromatic rings. The lowest BCUT2D eigenvalue weighted by molar-refractivity contribution is 0.218. The molecular weight excluding hydrogens is 362 g/mol. The van der Waals surface area contributed by atoms with Gasteiger partial charge in [0.05, 0.1) is 23.1 Å². The van der Waals surface area contributed by atoms with Gasteiger partial charge in [-0.05, 0) is 42.8 Å². The number of hydrogen-bond donors (Lipinski definition) is 0. The Balaban J connectivity index is 1.52. The van der Waals surface area contributed by atoms with Crippen molar-refractivity contribution in [2.24, 2.45) is 0 Å². The molecule has 1 aliphatic rings. The van der Waals surface area contributed by atoms with Crippen LogP contribution in [0.3, 0.4) is 0 Å². The van der Waals surface area contributed by atoms with Gasteiger partial charge >= 0.3 is 0 Å². The van der Waals surface area contributed by atoms with Crippen molar-refractivity contribution >= 4 is 20.9 Å². The third-order valence-electron chi connectivity index (χ3n) is 4.62. The fraction of sp³-hybridized carbons (Fsp3) is 0.200. The number of aromatic nitrogens is 1. The van der Waals surface area contributed by atoms with Gasteiger partial charge in [0.1, 0.15) is 17.4 Å². The number of fused-ring (bicyclic) bond motifs is 1. The van der Waals surface area contributed by atoms with Crippen LogP contribution in [0.5, 0.6) is 5.75 Å². The second-order valence-electron chi connectivity index (χ2n) is 6.36. The predicted octanol–water partition coefficient (Wildman–Crippen LogP) is 2.95. The highest BCUT2D eigenvalue weighted by molar-refractivity contribution is 7.89. The number of sulfonamides is 1. The summed E-state index contributed by atoms with van der Waals surface area (Å²) in [7, 11) is -3.60. The average Bonchev–Trinajstić information content (AvgIpc) is 3.18. The first-order chi connectivity index (χ1) is 13.1. The maximum Gasteiger partial charge on any atom is 0.243 e. The Kier molecular flexibility index (Phi) is 4.52. The summed E-state index contributed by atoms with van der Waals surface area (Å²) in [6.07, 6.45) is 2.09. The van der Waals surface area contributed by atoms with Gasteiger partial charge in [-0.2, -0.15) is 9.57 Å². The summed E-state index contributed by atoms with van der Waals surface area (Å²) in [5.74, 6) is 0.663. The van der Waals surface area contributed by atoms with Crippen molar-refractivity contribution in [1.82, 2.24) is 9.29 Å². The van der Waals surface area contributed by atoms with Gasteiger partial charge < -0.3 is 4.74 Å². The van der Waals surface area contributed by atoms with Crippen LogP contribution in [-0.4, -0.2) is 36.9 Å². The van der Waals surface area contributed by atoms with Crippen molar-refractivity contribution in [2.75, 3.05) is 13.1 Å². The van der Waals surface area contributed by atoms with Crippen LogP contribution in [0.1, 0.15) is 12.0 Å². The molecule has 1 atom stereocenters. The molecule has 2 aromatic carbocycles. The highest BCUT2D eigenvalue weighted by Crippen LogP contribution is 2.28. The van der Waals surface area contributed by atoms with Crippen LogP contribution in [-0.2, 0) is 10.0 Å². The molecule has 0 aliphatic carbocycles. The summed E-state index contributed by atoms with van der Waals surface area (Å²) < 4.78 is 33.1. The van der Waals surface area contributed by atoms with Gasteiger partial charge in [0.2, 0.25) is 10.0 Å². The van der Waals surface area contributed by atoms with Crippen LogP contribution in [0.25, 0.3) is 10.9 Å². The lowest BCUT2D eigenvalue weighted by atomic mass is 10.2. The Hall–Kier alpha value is -2.95. The first-order valence-corrected chi connectivity index (χ1v) is 10.0. The molecule has 27 heavy (non-hydrogen) atoms. The SMILES string of the molecule is N#Cc1ccc(S(=O)(=O)N2CC[C@H](Oc3cccc4cccnc34)C2)cc1. The smallest absolute Gasteiger partial charge is 0.243 e. The van der Waals surface area contributed by atoms with Crippen molar-refractivity contribution in [3.8, 4) is 11.8 Å². The number of rotatable bonds is 4. The normalized spacial score (nSPS) is 17.7. The zero-order valence-electron chi connectivity index (χ0n) is 14.4. The van der Waals surface area contributed by atoms with E-state index in [1.54, 1.807) is 6.20 Å². The summed E-state index contributed by atoms with van der Waals surface area (Å²) in [6, 6.07) is 17.5. The Bertz CT molecular complexity index is 1120. The molecule has 1 aromatic heterocycles. The van der Waals surface area contributed by atoms with Gasteiger partial charge in [-0.25, -0.2) is 8.42 Å². The third-order valence-corrected chi connectivity index (χ3v) is 6.50. The molecule has 0 N–H and O–H groups in total. The maximum atomic E-state index is 12.8. The van der Waals surface area contributed by atoms with Gasteiger partial charge in [-0.1, -0.05) is 18.2 Å². The summed E-state index contributed by atoms with van der Waals surface area (Å²) in [6.45, 7) is 0.677. The van der Waals surface area contributed by atoms with E-state index in [0.29, 0.717) is 24.3 Å². The molecule has 0 spiro atoms. The molecule has 1 saturated heterocycles. The maximum absolute atomic E-state index is 12.8. The minimum Gasteiger partial charge on any atom is -0.487 e. The lowest BCUT2D eigenvalue weighted by Crippen LogP contribution is -2.31. The van der Waals surface area contributed by atoms with E-state index in [2.05, 4.69) is 4.98 Å². The minimum absolute atomic E-state index is 0.189. The molecule has 0 bridgehead atoms. The molecule has 0 unspecified atom stereocenters. The summed E-state index contributed by atoms with van der Waals surface area (Å²) in [5.41, 5.74) is 1.20. The largest absolute Gasteiger partial charge is 0.487 e. The number of nitriles is 1. The van der Waals surface area contributed by atoms with Crippen LogP contribution < -0.4 is 4.74 Å². The Labute approximate surface area is 157 Å². The summed E-state index contributed by atoms with van der Waals surface area (Å²) >= 11 is 0. The van der Waals surface area contributed by atoms with Gasteiger partial charge in [0, 0.05) is 18.1 Å². The van der Waals surface area contributed by atoms with Gasteiger partial charge in [-0.15, -0.1) is 0 Å². The first-order valence-electron chi connectivity index (χ1n) is 8.58. The first kappa shape index (κ1) is 17.5. The van der Waals surface area contributed by atoms with Gasteiger partial charge in [-0.3, -0.25) is 4.98 Å². The lowest BCUT2D eigenvalue weighted by Gasteiger charge is -2.18. The zero-order chi connectivity index (χ0) is 18.9. The third kappa shape index (κ3) is 3.37. The fourth-order valence-corrected chi connectivity index (χ4v) is 4.70. The number of hydrogen-bond acceptors (Lipinski definition) is 5. The van der Waals surface area contributed by atoms with Crippen LogP contribution in [0.4, 0.5) is 0 Å². The van der Waals surface area contributed by atoms with E-state index in [1.165, 1.54) is 28.6 Å². The Morgan fingerprint density at radius 1 is 1.11 bits per heavy atom. The number of nitrogens with zero attached hydrogens (tertiary/aromatic N) is 3. The fourth-order valence-electron chi connectivity index (χ4n) is 3.21. The number of pyridine rings is 1. The van der Waals surface area contributed by atoms with Gasteiger partial charge in [0.25, 0.3) is 0 Å². The van der Waals surface area contributed by atoms with E-state index in [9.17, 15) is 8.42 Å². The summed E-state index contributed by atoms with van der Waals surface area (Å²) in [4.78, 5) is 4.56. The van der Waals surface area contributed by atoms with Crippen molar-refractivity contribution in [1.29, 1.82) is 5.26 Å². The molecule has 1 fully saturated rings. The molecule has 7 heteroatoms. The second-order valence-corrected chi connectivity index (χ2v) is 8.30. The van der Waals surface area contributed by atoms with E-state index in [1.807, 2.05) is 36.4 Å². The van der Waals surface area contributed by atoms with Crippen LogP contribution in [0.15, 0.2) is 65.7 Å². The zero-order valence-corrected chi connectivity index (χ0v) is 15.3. The number of benzene rings is 2. The van der Waals surface area contributed by atoms with Crippen molar-refractivity contribution < 1.29 is 13.2 Å². The van der Waals surface area contributed by atoms with Crippen LogP contribution >= 0.6 is 0 Å².